The van der Waals surface area contributed by atoms with Crippen LogP contribution in [0.3, 0.4) is 0 Å². The molecular weight excluding hydrogens is 158 g/mol. The smallest absolute Gasteiger partial charge is 0.292 e. The summed E-state index contributed by atoms with van der Waals surface area (Å²) in [6, 6.07) is 0.475. The summed E-state index contributed by atoms with van der Waals surface area (Å²) in [5, 5.41) is 0. The van der Waals surface area contributed by atoms with E-state index in [9.17, 15) is 4.79 Å². The zero-order chi connectivity index (χ0) is 9.56. The van der Waals surface area contributed by atoms with Gasteiger partial charge >= 0.3 is 0 Å². The standard InChI is InChI=1S/C6H11NO.C2H4O2/c1-5-3-4-6(8)7(5)2;1-4-2-3/h5H,3-4H2,1-2H3;2H,1H3/t5-;/m1./s1. The molecule has 0 spiro atoms. The highest BCUT2D eigenvalue weighted by molar-refractivity contribution is 5.78. The van der Waals surface area contributed by atoms with E-state index in [-0.39, 0.29) is 5.91 Å². The minimum absolute atomic E-state index is 0.289. The Hall–Kier alpha value is -1.06. The highest BCUT2D eigenvalue weighted by atomic mass is 16.5. The van der Waals surface area contributed by atoms with E-state index in [0.29, 0.717) is 12.5 Å². The van der Waals surface area contributed by atoms with E-state index in [1.807, 2.05) is 7.05 Å². The molecule has 1 saturated heterocycles. The predicted octanol–water partition coefficient (Wildman–Crippen LogP) is 0.416. The monoisotopic (exact) mass is 173 g/mol. The highest BCUT2D eigenvalue weighted by Crippen LogP contribution is 2.14. The second kappa shape index (κ2) is 5.57. The van der Waals surface area contributed by atoms with E-state index in [2.05, 4.69) is 11.7 Å². The number of amides is 1. The maximum Gasteiger partial charge on any atom is 0.292 e. The van der Waals surface area contributed by atoms with Crippen molar-refractivity contribution in [2.24, 2.45) is 0 Å². The molecule has 1 atom stereocenters. The van der Waals surface area contributed by atoms with Crippen LogP contribution in [0.4, 0.5) is 0 Å². The van der Waals surface area contributed by atoms with E-state index >= 15 is 0 Å². The normalized spacial score (nSPS) is 21.4. The Labute approximate surface area is 72.5 Å². The van der Waals surface area contributed by atoms with Crippen LogP contribution in [0.25, 0.3) is 0 Å². The van der Waals surface area contributed by atoms with Crippen molar-refractivity contribution in [3.8, 4) is 0 Å². The van der Waals surface area contributed by atoms with Crippen LogP contribution in [0.15, 0.2) is 0 Å². The van der Waals surface area contributed by atoms with Crippen LogP contribution < -0.4 is 0 Å². The maximum atomic E-state index is 10.7. The van der Waals surface area contributed by atoms with Gasteiger partial charge in [-0.1, -0.05) is 0 Å². The molecule has 0 aromatic rings. The molecule has 0 radical (unpaired) electrons. The SMILES string of the molecule is COC=O.C[C@@H]1CCC(=O)N1C. The van der Waals surface area contributed by atoms with Crippen LogP contribution in [0.5, 0.6) is 0 Å². The molecule has 12 heavy (non-hydrogen) atoms. The van der Waals surface area contributed by atoms with E-state index in [4.69, 9.17) is 4.79 Å². The van der Waals surface area contributed by atoms with Crippen molar-refractivity contribution in [2.45, 2.75) is 25.8 Å². The summed E-state index contributed by atoms with van der Waals surface area (Å²) in [6.07, 6.45) is 1.78. The Kier molecular flexibility index (Phi) is 5.08. The van der Waals surface area contributed by atoms with Crippen molar-refractivity contribution in [3.63, 3.8) is 0 Å². The molecule has 70 valence electrons. The maximum absolute atomic E-state index is 10.7. The van der Waals surface area contributed by atoms with Gasteiger partial charge in [-0.2, -0.15) is 0 Å². The number of ether oxygens (including phenoxy) is 1. The summed E-state index contributed by atoms with van der Waals surface area (Å²) in [7, 11) is 3.17. The largest absolute Gasteiger partial charge is 0.471 e. The molecular formula is C8H15NO3. The predicted molar refractivity (Wildman–Crippen MR) is 44.5 cm³/mol. The lowest BCUT2D eigenvalue weighted by Crippen LogP contribution is -2.25. The number of likely N-dealkylation sites (tertiary alicyclic amines) is 1. The van der Waals surface area contributed by atoms with E-state index in [1.54, 1.807) is 4.90 Å². The second-order valence-electron chi connectivity index (χ2n) is 2.72. The molecule has 0 aliphatic carbocycles. The summed E-state index contributed by atoms with van der Waals surface area (Å²) in [5.74, 6) is 0.289. The summed E-state index contributed by atoms with van der Waals surface area (Å²) >= 11 is 0. The van der Waals surface area contributed by atoms with Gasteiger partial charge < -0.3 is 9.64 Å². The Morgan fingerprint density at radius 2 is 2.17 bits per heavy atom. The molecule has 1 amide bonds. The lowest BCUT2D eigenvalue weighted by atomic mass is 10.2. The van der Waals surface area contributed by atoms with Crippen LogP contribution >= 0.6 is 0 Å². The number of rotatable bonds is 1. The fourth-order valence-electron chi connectivity index (χ4n) is 0.948. The van der Waals surface area contributed by atoms with Crippen LogP contribution in [0, 0.1) is 0 Å². The summed E-state index contributed by atoms with van der Waals surface area (Å²) in [6.45, 7) is 2.45. The van der Waals surface area contributed by atoms with Crippen molar-refractivity contribution in [1.82, 2.24) is 4.90 Å². The lowest BCUT2D eigenvalue weighted by Gasteiger charge is -2.13. The van der Waals surface area contributed by atoms with Crippen LogP contribution in [-0.4, -0.2) is 37.5 Å². The average Bonchev–Trinajstić information content (AvgIpc) is 2.37. The third-order valence-corrected chi connectivity index (χ3v) is 1.93. The van der Waals surface area contributed by atoms with Gasteiger partial charge in [-0.25, -0.2) is 0 Å². The molecule has 4 nitrogen and oxygen atoms in total. The number of nitrogens with zero attached hydrogens (tertiary/aromatic N) is 1. The Balaban J connectivity index is 0.000000261. The van der Waals surface area contributed by atoms with Gasteiger partial charge in [0.25, 0.3) is 6.47 Å². The molecule has 1 heterocycles. The number of hydrogen-bond acceptors (Lipinski definition) is 3. The number of hydrogen-bond donors (Lipinski definition) is 0. The number of carbonyl (C=O) groups excluding carboxylic acids is 2. The average molecular weight is 173 g/mol. The van der Waals surface area contributed by atoms with Crippen LogP contribution in [-0.2, 0) is 14.3 Å². The first kappa shape index (κ1) is 10.9. The van der Waals surface area contributed by atoms with Gasteiger partial charge in [0.1, 0.15) is 0 Å². The third kappa shape index (κ3) is 3.37. The molecule has 0 unspecified atom stereocenters. The first-order valence-corrected chi connectivity index (χ1v) is 3.85. The molecule has 1 aliphatic heterocycles. The first-order chi connectivity index (χ1) is 5.63. The quantitative estimate of drug-likeness (QED) is 0.540. The van der Waals surface area contributed by atoms with Crippen molar-refractivity contribution in [1.29, 1.82) is 0 Å². The highest BCUT2D eigenvalue weighted by Gasteiger charge is 2.22. The van der Waals surface area contributed by atoms with Gasteiger partial charge in [0.05, 0.1) is 7.11 Å². The molecule has 0 aromatic carbocycles. The Morgan fingerprint density at radius 3 is 2.25 bits per heavy atom. The first-order valence-electron chi connectivity index (χ1n) is 3.85. The molecule has 0 bridgehead atoms. The van der Waals surface area contributed by atoms with Gasteiger partial charge in [0.2, 0.25) is 5.91 Å². The van der Waals surface area contributed by atoms with Gasteiger partial charge in [-0.15, -0.1) is 0 Å². The molecule has 1 rings (SSSR count). The van der Waals surface area contributed by atoms with Crippen molar-refractivity contribution in [2.75, 3.05) is 14.2 Å². The van der Waals surface area contributed by atoms with Gasteiger partial charge in [0, 0.05) is 19.5 Å². The van der Waals surface area contributed by atoms with Gasteiger partial charge in [0.15, 0.2) is 0 Å². The molecule has 0 aromatic heterocycles. The summed E-state index contributed by atoms with van der Waals surface area (Å²) in [5.41, 5.74) is 0. The minimum Gasteiger partial charge on any atom is -0.471 e. The molecule has 0 saturated carbocycles. The van der Waals surface area contributed by atoms with E-state index in [0.717, 1.165) is 12.8 Å². The van der Waals surface area contributed by atoms with Crippen LogP contribution in [0.1, 0.15) is 19.8 Å². The van der Waals surface area contributed by atoms with Crippen molar-refractivity contribution < 1.29 is 14.3 Å². The third-order valence-electron chi connectivity index (χ3n) is 1.93. The number of methoxy groups -OCH3 is 1. The molecule has 1 aliphatic rings. The zero-order valence-corrected chi connectivity index (χ0v) is 7.74. The lowest BCUT2D eigenvalue weighted by molar-refractivity contribution is -0.127. The molecule has 4 heteroatoms. The van der Waals surface area contributed by atoms with Crippen LogP contribution in [0.2, 0.25) is 0 Å². The summed E-state index contributed by atoms with van der Waals surface area (Å²) < 4.78 is 3.86. The van der Waals surface area contributed by atoms with Crippen molar-refractivity contribution in [3.05, 3.63) is 0 Å². The Morgan fingerprint density at radius 1 is 1.67 bits per heavy atom. The molecule has 1 fully saturated rings. The topological polar surface area (TPSA) is 46.6 Å². The van der Waals surface area contributed by atoms with Gasteiger partial charge in [-0.3, -0.25) is 9.59 Å². The molecule has 0 N–H and O–H groups in total. The fraction of sp³-hybridized carbons (Fsp3) is 0.750. The van der Waals surface area contributed by atoms with E-state index in [1.165, 1.54) is 7.11 Å². The van der Waals surface area contributed by atoms with Crippen molar-refractivity contribution >= 4 is 12.4 Å². The van der Waals surface area contributed by atoms with Gasteiger partial charge in [-0.05, 0) is 13.3 Å². The summed E-state index contributed by atoms with van der Waals surface area (Å²) in [4.78, 5) is 21.5. The zero-order valence-electron chi connectivity index (χ0n) is 7.74. The van der Waals surface area contributed by atoms with E-state index < -0.39 is 0 Å². The fourth-order valence-corrected chi connectivity index (χ4v) is 0.948. The second-order valence-corrected chi connectivity index (χ2v) is 2.72. The minimum atomic E-state index is 0.289. The Bertz CT molecular complexity index is 158. The number of carbonyl (C=O) groups is 2.